The Bertz CT molecular complexity index is 4700. The van der Waals surface area contributed by atoms with E-state index in [0.29, 0.717) is 5.89 Å². The van der Waals surface area contributed by atoms with E-state index in [1.54, 1.807) is 0 Å². The molecule has 0 fully saturated rings. The van der Waals surface area contributed by atoms with Crippen molar-refractivity contribution in [1.29, 1.82) is 0 Å². The summed E-state index contributed by atoms with van der Waals surface area (Å²) in [5, 5.41) is 2.12. The van der Waals surface area contributed by atoms with Gasteiger partial charge >= 0.3 is 0 Å². The van der Waals surface area contributed by atoms with Crippen LogP contribution < -0.4 is 31.1 Å². The minimum Gasteiger partial charge on any atom is -0.456 e. The van der Waals surface area contributed by atoms with E-state index in [1.165, 1.54) is 33.2 Å². The molecule has 0 radical (unpaired) electrons. The largest absolute Gasteiger partial charge is 0.456 e. The molecule has 0 bridgehead atoms. The lowest BCUT2D eigenvalue weighted by Crippen LogP contribution is -2.61. The summed E-state index contributed by atoms with van der Waals surface area (Å²) in [7, 11) is 0. The van der Waals surface area contributed by atoms with Gasteiger partial charge in [-0.05, 0) is 181 Å². The molecular formula is C79H67BN4O2. The van der Waals surface area contributed by atoms with E-state index in [9.17, 15) is 0 Å². The average Bonchev–Trinajstić information content (AvgIpc) is 0.802. The van der Waals surface area contributed by atoms with Crippen molar-refractivity contribution >= 4 is 107 Å². The van der Waals surface area contributed by atoms with Crippen LogP contribution in [0.1, 0.15) is 79.0 Å². The predicted molar refractivity (Wildman–Crippen MR) is 362 cm³/mol. The molecule has 0 atom stereocenters. The number of anilines is 9. The lowest BCUT2D eigenvalue weighted by atomic mass is 9.33. The zero-order valence-electron chi connectivity index (χ0n) is 50.3. The maximum absolute atomic E-state index is 6.98. The van der Waals surface area contributed by atoms with Crippen LogP contribution in [0.3, 0.4) is 0 Å². The van der Waals surface area contributed by atoms with Crippen LogP contribution in [0.25, 0.3) is 66.7 Å². The number of fused-ring (bicyclic) bond motifs is 8. The fourth-order valence-electron chi connectivity index (χ4n) is 13.0. The van der Waals surface area contributed by atoms with Gasteiger partial charge in [-0.3, -0.25) is 0 Å². The highest BCUT2D eigenvalue weighted by Gasteiger charge is 2.45. The van der Waals surface area contributed by atoms with Crippen LogP contribution in [0.15, 0.2) is 251 Å². The van der Waals surface area contributed by atoms with Gasteiger partial charge in [0.15, 0.2) is 5.58 Å². The second-order valence-corrected chi connectivity index (χ2v) is 26.5. The summed E-state index contributed by atoms with van der Waals surface area (Å²) in [6.07, 6.45) is 0. The van der Waals surface area contributed by atoms with Gasteiger partial charge in [0.25, 0.3) is 6.71 Å². The first-order valence-corrected chi connectivity index (χ1v) is 30.1. The monoisotopic (exact) mass is 1110 g/mol. The molecule has 15 rings (SSSR count). The SMILES string of the molecule is CC(C)(C)c1ccc(-c2ccc(-c3nc4cc5c(cc4o3)N(c3ccc4oc6ccc(-c7ccccc7)cc6c4c3)c3cc(C(C)(C)C)cc4c3B5c3ccc(N(c5ccccc5)c5ccccc5)cc3N4c3ccc(C(C)(C)C)cc3)cc2)cc1. The molecule has 11 aromatic carbocycles. The van der Waals surface area contributed by atoms with Gasteiger partial charge in [0.05, 0.1) is 0 Å². The summed E-state index contributed by atoms with van der Waals surface area (Å²) in [6.45, 7) is 20.4. The molecule has 418 valence electrons. The molecular weight excluding hydrogens is 1050 g/mol. The summed E-state index contributed by atoms with van der Waals surface area (Å²) < 4.78 is 13.6. The maximum atomic E-state index is 6.98. The van der Waals surface area contributed by atoms with Crippen molar-refractivity contribution < 1.29 is 8.83 Å². The van der Waals surface area contributed by atoms with E-state index >= 15 is 0 Å². The van der Waals surface area contributed by atoms with Gasteiger partial charge < -0.3 is 23.5 Å². The summed E-state index contributed by atoms with van der Waals surface area (Å²) in [5.41, 5.74) is 25.7. The molecule has 2 aliphatic rings. The van der Waals surface area contributed by atoms with E-state index in [1.807, 2.05) is 0 Å². The molecule has 4 heterocycles. The number of nitrogens with zero attached hydrogens (tertiary/aromatic N) is 4. The summed E-state index contributed by atoms with van der Waals surface area (Å²) in [6, 6.07) is 88.8. The fraction of sp³-hybridized carbons (Fsp3) is 0.152. The first kappa shape index (κ1) is 52.9. The number of oxazole rings is 1. The number of hydrogen-bond acceptors (Lipinski definition) is 6. The van der Waals surface area contributed by atoms with Gasteiger partial charge in [0.2, 0.25) is 5.89 Å². The number of aromatic nitrogens is 1. The summed E-state index contributed by atoms with van der Waals surface area (Å²) in [4.78, 5) is 12.8. The Hall–Kier alpha value is -9.85. The standard InChI is InChI=1S/C79H67BN4O2/c1-77(2,3)55-32-29-52(30-33-55)51-25-27-53(28-26-51)76-81-67-48-66-69(49-74(67)86-76)84(61-39-42-73-64(46-61)63-43-54(31-41-72(63)85-73)50-19-13-10-14-20-50)71-45-57(79(7,8)9)44-70-75(71)80(66)65-40-38-62(82(58-21-15-11-16-22-58)59-23-17-12-18-24-59)47-68(65)83(70)60-36-34-56(35-37-60)78(4,5)6/h10-49H,1-9H3. The number of rotatable bonds is 8. The first-order valence-electron chi connectivity index (χ1n) is 30.1. The Morgan fingerprint density at radius 2 is 0.837 bits per heavy atom. The van der Waals surface area contributed by atoms with Gasteiger partial charge in [0, 0.05) is 73.6 Å². The van der Waals surface area contributed by atoms with Crippen molar-refractivity contribution in [3.05, 3.63) is 259 Å². The lowest BCUT2D eigenvalue weighted by molar-refractivity contribution is 0.590. The summed E-state index contributed by atoms with van der Waals surface area (Å²) >= 11 is 0. The normalized spacial score (nSPS) is 13.1. The van der Waals surface area contributed by atoms with Crippen LogP contribution in [-0.4, -0.2) is 11.7 Å². The topological polar surface area (TPSA) is 48.9 Å². The van der Waals surface area contributed by atoms with E-state index in [4.69, 9.17) is 13.8 Å². The fourth-order valence-corrected chi connectivity index (χ4v) is 13.0. The molecule has 6 nitrogen and oxygen atoms in total. The van der Waals surface area contributed by atoms with E-state index in [0.717, 1.165) is 112 Å². The zero-order valence-corrected chi connectivity index (χ0v) is 50.3. The van der Waals surface area contributed by atoms with Gasteiger partial charge in [-0.2, -0.15) is 0 Å². The van der Waals surface area contributed by atoms with Crippen molar-refractivity contribution in [1.82, 2.24) is 4.98 Å². The van der Waals surface area contributed by atoms with Crippen LogP contribution >= 0.6 is 0 Å². The van der Waals surface area contributed by atoms with Crippen LogP contribution in [-0.2, 0) is 16.2 Å². The number of benzene rings is 11. The van der Waals surface area contributed by atoms with Crippen LogP contribution in [0.5, 0.6) is 0 Å². The molecule has 86 heavy (non-hydrogen) atoms. The number of furan rings is 1. The molecule has 0 saturated heterocycles. The van der Waals surface area contributed by atoms with Gasteiger partial charge in [-0.25, -0.2) is 4.98 Å². The second-order valence-electron chi connectivity index (χ2n) is 26.5. The Morgan fingerprint density at radius 3 is 1.44 bits per heavy atom. The molecule has 0 unspecified atom stereocenters. The Morgan fingerprint density at radius 1 is 0.349 bits per heavy atom. The second kappa shape index (κ2) is 19.9. The van der Waals surface area contributed by atoms with Gasteiger partial charge in [0.1, 0.15) is 16.7 Å². The average molecular weight is 1120 g/mol. The highest BCUT2D eigenvalue weighted by molar-refractivity contribution is 7.00. The highest BCUT2D eigenvalue weighted by atomic mass is 16.3. The highest BCUT2D eigenvalue weighted by Crippen LogP contribution is 2.50. The molecule has 13 aromatic rings. The van der Waals surface area contributed by atoms with E-state index in [-0.39, 0.29) is 23.0 Å². The molecule has 2 aliphatic heterocycles. The zero-order chi connectivity index (χ0) is 58.8. The Kier molecular flexibility index (Phi) is 12.2. The molecule has 7 heteroatoms. The minimum absolute atomic E-state index is 0.0305. The molecule has 0 amide bonds. The quantitative estimate of drug-likeness (QED) is 0.141. The lowest BCUT2D eigenvalue weighted by Gasteiger charge is -2.45. The van der Waals surface area contributed by atoms with Crippen molar-refractivity contribution in [2.45, 2.75) is 78.6 Å². The minimum atomic E-state index is -0.234. The van der Waals surface area contributed by atoms with Crippen LogP contribution in [0.2, 0.25) is 0 Å². The number of hydrogen-bond donors (Lipinski definition) is 0. The Balaban J connectivity index is 0.978. The molecule has 2 aromatic heterocycles. The molecule has 0 N–H and O–H groups in total. The van der Waals surface area contributed by atoms with Crippen molar-refractivity contribution in [3.63, 3.8) is 0 Å². The van der Waals surface area contributed by atoms with E-state index < -0.39 is 0 Å². The molecule has 0 saturated carbocycles. The maximum Gasteiger partial charge on any atom is 0.252 e. The number of para-hydroxylation sites is 2. The molecule has 0 aliphatic carbocycles. The van der Waals surface area contributed by atoms with Gasteiger partial charge in [-0.1, -0.05) is 190 Å². The van der Waals surface area contributed by atoms with E-state index in [2.05, 4.69) is 320 Å². The molecule has 0 spiro atoms. The Labute approximate surface area is 504 Å². The van der Waals surface area contributed by atoms with Crippen LogP contribution in [0.4, 0.5) is 51.2 Å². The predicted octanol–water partition coefficient (Wildman–Crippen LogP) is 20.2. The van der Waals surface area contributed by atoms with Gasteiger partial charge in [-0.15, -0.1) is 0 Å². The third-order valence-electron chi connectivity index (χ3n) is 17.7. The van der Waals surface area contributed by atoms with Crippen molar-refractivity contribution in [2.24, 2.45) is 0 Å². The third-order valence-corrected chi connectivity index (χ3v) is 17.7. The smallest absolute Gasteiger partial charge is 0.252 e. The third kappa shape index (κ3) is 9.07. The van der Waals surface area contributed by atoms with Crippen molar-refractivity contribution in [2.75, 3.05) is 14.7 Å². The van der Waals surface area contributed by atoms with Crippen molar-refractivity contribution in [3.8, 4) is 33.7 Å². The first-order chi connectivity index (χ1) is 41.5. The van der Waals surface area contributed by atoms with Crippen LogP contribution in [0, 0.1) is 0 Å². The summed E-state index contributed by atoms with van der Waals surface area (Å²) in [5.74, 6) is 0.581.